The average Bonchev–Trinajstić information content (AvgIpc) is 3.07. The largest absolute Gasteiger partial charge is 0.386 e. The highest BCUT2D eigenvalue weighted by Gasteiger charge is 2.59. The van der Waals surface area contributed by atoms with Crippen molar-refractivity contribution in [2.24, 2.45) is 11.8 Å². The van der Waals surface area contributed by atoms with Crippen LogP contribution >= 0.6 is 11.6 Å². The third-order valence-corrected chi connectivity index (χ3v) is 10.8. The van der Waals surface area contributed by atoms with Gasteiger partial charge < -0.3 is 15.5 Å². The number of aliphatic hydroxyl groups is 2. The molecular weight excluding hydrogens is 569 g/mol. The second-order valence-electron chi connectivity index (χ2n) is 10.4. The van der Waals surface area contributed by atoms with Crippen molar-refractivity contribution in [3.8, 4) is 0 Å². The molecule has 0 aliphatic heterocycles. The van der Waals surface area contributed by atoms with E-state index in [0.29, 0.717) is 12.8 Å². The van der Waals surface area contributed by atoms with E-state index in [9.17, 15) is 36.6 Å². The maximum atomic E-state index is 13.8. The van der Waals surface area contributed by atoms with Gasteiger partial charge in [-0.2, -0.15) is 0 Å². The maximum absolute atomic E-state index is 13.8. The highest BCUT2D eigenvalue weighted by atomic mass is 35.5. The molecule has 2 aliphatic rings. The molecule has 1 aromatic heterocycles. The molecule has 7 nitrogen and oxygen atoms in total. The summed E-state index contributed by atoms with van der Waals surface area (Å²) in [5, 5.41) is 24.1. The molecule has 1 heterocycles. The Balaban J connectivity index is 1.39. The minimum absolute atomic E-state index is 0.0178. The zero-order chi connectivity index (χ0) is 29.0. The Labute approximate surface area is 233 Å². The fraction of sp³-hybridized carbons (Fsp3) is 0.357. The summed E-state index contributed by atoms with van der Waals surface area (Å²) in [6.45, 7) is 1.45. The number of benzene rings is 2. The molecular formula is C28H26ClF3N2O5S. The van der Waals surface area contributed by atoms with Gasteiger partial charge >= 0.3 is 0 Å². The minimum Gasteiger partial charge on any atom is -0.386 e. The number of nitrogens with zero attached hydrogens (tertiary/aromatic N) is 1. The number of aliphatic hydroxyl groups excluding tert-OH is 1. The molecule has 3 N–H and O–H groups in total. The van der Waals surface area contributed by atoms with E-state index in [1.165, 1.54) is 37.3 Å². The summed E-state index contributed by atoms with van der Waals surface area (Å²) in [7, 11) is -4.09. The Morgan fingerprint density at radius 2 is 1.68 bits per heavy atom. The van der Waals surface area contributed by atoms with Crippen LogP contribution in [0.5, 0.6) is 0 Å². The Bertz CT molecular complexity index is 1590. The predicted octanol–water partition coefficient (Wildman–Crippen LogP) is 5.14. The Hall–Kier alpha value is -2.99. The molecule has 2 fully saturated rings. The first kappa shape index (κ1) is 28.5. The van der Waals surface area contributed by atoms with Crippen molar-refractivity contribution in [1.82, 2.24) is 4.98 Å². The van der Waals surface area contributed by atoms with Gasteiger partial charge in [-0.3, -0.25) is 9.78 Å². The molecule has 3 atom stereocenters. The number of amides is 1. The molecule has 0 spiro atoms. The van der Waals surface area contributed by atoms with Gasteiger partial charge in [-0.1, -0.05) is 11.6 Å². The van der Waals surface area contributed by atoms with Crippen LogP contribution in [-0.2, 0) is 9.84 Å². The van der Waals surface area contributed by atoms with E-state index in [2.05, 4.69) is 10.3 Å². The Morgan fingerprint density at radius 1 is 1.02 bits per heavy atom. The van der Waals surface area contributed by atoms with E-state index in [0.717, 1.165) is 18.2 Å². The summed E-state index contributed by atoms with van der Waals surface area (Å²) >= 11 is 6.28. The normalized spacial score (nSPS) is 25.0. The zero-order valence-corrected chi connectivity index (χ0v) is 22.8. The third kappa shape index (κ3) is 4.89. The number of aryl methyl sites for hydroxylation is 1. The first-order valence-corrected chi connectivity index (χ1v) is 14.6. The number of fused-ring (bicyclic) bond motifs is 2. The number of pyridine rings is 1. The lowest BCUT2D eigenvalue weighted by molar-refractivity contribution is -0.145. The second-order valence-corrected chi connectivity index (χ2v) is 13.0. The van der Waals surface area contributed by atoms with E-state index in [1.807, 2.05) is 0 Å². The van der Waals surface area contributed by atoms with E-state index >= 15 is 0 Å². The number of nitrogens with one attached hydrogen (secondary N) is 1. The maximum Gasteiger partial charge on any atom is 0.255 e. The monoisotopic (exact) mass is 594 g/mol. The summed E-state index contributed by atoms with van der Waals surface area (Å²) in [5.41, 5.74) is -1.53. The highest BCUT2D eigenvalue weighted by molar-refractivity contribution is 7.92. The van der Waals surface area contributed by atoms with Crippen LogP contribution in [0.4, 0.5) is 18.9 Å². The number of halogens is 4. The topological polar surface area (TPSA) is 117 Å². The SMILES string of the molecule is Cc1nc(C(O)C2(O)C3CCC2CC(S(=O)(=O)c2cc(C(=O)Nc4ccc(F)c(F)c4)ccc2Cl)C3)ccc1F. The van der Waals surface area contributed by atoms with Gasteiger partial charge in [0.05, 0.1) is 26.6 Å². The van der Waals surface area contributed by atoms with Crippen LogP contribution in [0.3, 0.4) is 0 Å². The van der Waals surface area contributed by atoms with Gasteiger partial charge in [0.1, 0.15) is 17.5 Å². The molecule has 0 saturated heterocycles. The predicted molar refractivity (Wildman–Crippen MR) is 141 cm³/mol. The lowest BCUT2D eigenvalue weighted by Crippen LogP contribution is -2.52. The quantitative estimate of drug-likeness (QED) is 0.364. The Kier molecular flexibility index (Phi) is 7.45. The van der Waals surface area contributed by atoms with Crippen LogP contribution in [0.1, 0.15) is 53.5 Å². The average molecular weight is 595 g/mol. The van der Waals surface area contributed by atoms with E-state index in [-0.39, 0.29) is 45.4 Å². The van der Waals surface area contributed by atoms with Gasteiger partial charge in [0.25, 0.3) is 5.91 Å². The van der Waals surface area contributed by atoms with Crippen LogP contribution in [0, 0.1) is 36.2 Å². The molecule has 3 aromatic rings. The molecule has 1 amide bonds. The molecule has 3 unspecified atom stereocenters. The van der Waals surface area contributed by atoms with Crippen molar-refractivity contribution >= 4 is 33.0 Å². The molecule has 2 bridgehead atoms. The van der Waals surface area contributed by atoms with Crippen molar-refractivity contribution in [3.05, 3.63) is 88.0 Å². The Morgan fingerprint density at radius 3 is 2.30 bits per heavy atom. The number of carbonyl (C=O) groups is 1. The number of sulfone groups is 1. The molecule has 5 rings (SSSR count). The number of hydrogen-bond donors (Lipinski definition) is 3. The van der Waals surface area contributed by atoms with Crippen molar-refractivity contribution in [1.29, 1.82) is 0 Å². The van der Waals surface area contributed by atoms with Crippen LogP contribution in [0.2, 0.25) is 5.02 Å². The van der Waals surface area contributed by atoms with Gasteiger partial charge in [0.15, 0.2) is 21.5 Å². The van der Waals surface area contributed by atoms with Gasteiger partial charge in [-0.15, -0.1) is 0 Å². The number of rotatable bonds is 6. The van der Waals surface area contributed by atoms with E-state index in [4.69, 9.17) is 11.6 Å². The first-order chi connectivity index (χ1) is 18.8. The first-order valence-electron chi connectivity index (χ1n) is 12.7. The molecule has 0 radical (unpaired) electrons. The van der Waals surface area contributed by atoms with Gasteiger partial charge in [-0.05, 0) is 86.9 Å². The lowest BCUT2D eigenvalue weighted by atomic mass is 9.70. The number of anilines is 1. The summed E-state index contributed by atoms with van der Waals surface area (Å²) < 4.78 is 68.0. The summed E-state index contributed by atoms with van der Waals surface area (Å²) in [4.78, 5) is 16.6. The van der Waals surface area contributed by atoms with Crippen molar-refractivity contribution in [2.45, 2.75) is 54.5 Å². The van der Waals surface area contributed by atoms with Crippen LogP contribution in [0.15, 0.2) is 53.4 Å². The summed E-state index contributed by atoms with van der Waals surface area (Å²) in [6, 6.07) is 9.02. The van der Waals surface area contributed by atoms with E-state index in [1.54, 1.807) is 0 Å². The molecule has 2 saturated carbocycles. The fourth-order valence-electron chi connectivity index (χ4n) is 6.01. The summed E-state index contributed by atoms with van der Waals surface area (Å²) in [6.07, 6.45) is -0.397. The minimum atomic E-state index is -4.09. The molecule has 40 heavy (non-hydrogen) atoms. The van der Waals surface area contributed by atoms with Crippen LogP contribution in [-0.4, -0.2) is 40.4 Å². The second kappa shape index (κ2) is 10.4. The molecule has 2 aromatic carbocycles. The van der Waals surface area contributed by atoms with Gasteiger partial charge in [0.2, 0.25) is 0 Å². The number of carbonyl (C=O) groups excluding carboxylic acids is 1. The molecule has 12 heteroatoms. The molecule has 212 valence electrons. The summed E-state index contributed by atoms with van der Waals surface area (Å²) in [5.74, 6) is -4.68. The molecule has 2 aliphatic carbocycles. The van der Waals surface area contributed by atoms with Gasteiger partial charge in [0, 0.05) is 17.3 Å². The smallest absolute Gasteiger partial charge is 0.255 e. The van der Waals surface area contributed by atoms with Crippen molar-refractivity contribution in [2.75, 3.05) is 5.32 Å². The van der Waals surface area contributed by atoms with Crippen molar-refractivity contribution in [3.63, 3.8) is 0 Å². The van der Waals surface area contributed by atoms with Crippen LogP contribution < -0.4 is 5.32 Å². The standard InChI is InChI=1S/C28H26ClF3N2O5S/c1-14-21(30)8-9-24(33-14)26(35)28(37)16-3-4-17(28)12-19(11-16)40(38,39)25-10-15(2-6-20(25)29)27(36)34-18-5-7-22(31)23(32)13-18/h2,5-10,13,16-17,19,26,35,37H,3-4,11-12H2,1H3,(H,34,36). The third-order valence-electron chi connectivity index (χ3n) is 8.14. The fourth-order valence-corrected chi connectivity index (χ4v) is 8.42. The number of hydrogen-bond acceptors (Lipinski definition) is 6. The van der Waals surface area contributed by atoms with E-state index < -0.39 is 62.0 Å². The highest BCUT2D eigenvalue weighted by Crippen LogP contribution is 2.56. The zero-order valence-electron chi connectivity index (χ0n) is 21.2. The lowest BCUT2D eigenvalue weighted by Gasteiger charge is -2.45. The van der Waals surface area contributed by atoms with Crippen LogP contribution in [0.25, 0.3) is 0 Å². The number of aromatic nitrogens is 1. The van der Waals surface area contributed by atoms with Crippen molar-refractivity contribution < 1.29 is 36.6 Å². The van der Waals surface area contributed by atoms with Gasteiger partial charge in [-0.25, -0.2) is 21.6 Å².